The summed E-state index contributed by atoms with van der Waals surface area (Å²) in [6, 6.07) is 13.1. The second-order valence-corrected chi connectivity index (χ2v) is 6.05. The van der Waals surface area contributed by atoms with Crippen LogP contribution >= 0.6 is 15.9 Å². The Morgan fingerprint density at radius 3 is 2.48 bits per heavy atom. The Morgan fingerprint density at radius 1 is 1.16 bits per heavy atom. The van der Waals surface area contributed by atoms with Gasteiger partial charge in [-0.15, -0.1) is 5.10 Å². The molecule has 0 aliphatic rings. The number of benzene rings is 2. The van der Waals surface area contributed by atoms with E-state index in [4.69, 9.17) is 5.11 Å². The zero-order valence-electron chi connectivity index (χ0n) is 13.0. The molecule has 0 atom stereocenters. The van der Waals surface area contributed by atoms with Gasteiger partial charge in [0.05, 0.1) is 12.3 Å². The van der Waals surface area contributed by atoms with Crippen molar-refractivity contribution in [1.82, 2.24) is 20.1 Å². The maximum atomic E-state index is 13.2. The highest BCUT2D eigenvalue weighted by Crippen LogP contribution is 2.23. The summed E-state index contributed by atoms with van der Waals surface area (Å²) in [6.45, 7) is -0.0679. The number of rotatable bonds is 5. The summed E-state index contributed by atoms with van der Waals surface area (Å²) in [5.41, 5.74) is 1.33. The van der Waals surface area contributed by atoms with E-state index in [0.717, 1.165) is 10.0 Å². The number of nitrogens with zero attached hydrogens (tertiary/aromatic N) is 3. The lowest BCUT2D eigenvalue weighted by molar-refractivity contribution is 0.0934. The molecular formula is C17H14BrFN4O2. The summed E-state index contributed by atoms with van der Waals surface area (Å²) in [5.74, 6) is -0.438. The topological polar surface area (TPSA) is 80.0 Å². The van der Waals surface area contributed by atoms with Gasteiger partial charge in [0.2, 0.25) is 5.82 Å². The number of hydrogen-bond acceptors (Lipinski definition) is 4. The lowest BCUT2D eigenvalue weighted by atomic mass is 10.2. The first kappa shape index (κ1) is 17.2. The molecule has 6 nitrogen and oxygen atoms in total. The van der Waals surface area contributed by atoms with Crippen LogP contribution in [-0.4, -0.2) is 38.9 Å². The van der Waals surface area contributed by atoms with Crippen molar-refractivity contribution in [1.29, 1.82) is 0 Å². The van der Waals surface area contributed by atoms with Crippen LogP contribution in [0.2, 0.25) is 0 Å². The number of aliphatic hydroxyl groups is 1. The van der Waals surface area contributed by atoms with Crippen molar-refractivity contribution in [2.24, 2.45) is 0 Å². The molecule has 2 N–H and O–H groups in total. The summed E-state index contributed by atoms with van der Waals surface area (Å²) in [6.07, 6.45) is 0. The van der Waals surface area contributed by atoms with Gasteiger partial charge in [-0.3, -0.25) is 4.79 Å². The van der Waals surface area contributed by atoms with Crippen molar-refractivity contribution < 1.29 is 14.3 Å². The Labute approximate surface area is 151 Å². The third-order valence-electron chi connectivity index (χ3n) is 3.38. The number of carbonyl (C=O) groups excluding carboxylic acids is 1. The number of hydrogen-bond donors (Lipinski definition) is 2. The van der Waals surface area contributed by atoms with Gasteiger partial charge in [-0.25, -0.2) is 14.1 Å². The quantitative estimate of drug-likeness (QED) is 0.684. The molecule has 8 heteroatoms. The van der Waals surface area contributed by atoms with Crippen molar-refractivity contribution in [2.45, 2.75) is 0 Å². The molecule has 0 fully saturated rings. The fraction of sp³-hybridized carbons (Fsp3) is 0.118. The fourth-order valence-electron chi connectivity index (χ4n) is 2.20. The first-order chi connectivity index (χ1) is 12.1. The van der Waals surface area contributed by atoms with Crippen molar-refractivity contribution in [3.05, 3.63) is 64.6 Å². The largest absolute Gasteiger partial charge is 0.395 e. The highest BCUT2D eigenvalue weighted by atomic mass is 79.9. The van der Waals surface area contributed by atoms with Crippen LogP contribution in [0.5, 0.6) is 0 Å². The van der Waals surface area contributed by atoms with Crippen LogP contribution in [0.25, 0.3) is 17.1 Å². The summed E-state index contributed by atoms with van der Waals surface area (Å²) in [4.78, 5) is 16.4. The summed E-state index contributed by atoms with van der Waals surface area (Å²) in [5, 5.41) is 15.6. The third-order valence-corrected chi connectivity index (χ3v) is 3.91. The number of amides is 1. The molecule has 0 aliphatic carbocycles. The minimum Gasteiger partial charge on any atom is -0.395 e. The van der Waals surface area contributed by atoms with Crippen LogP contribution in [0.15, 0.2) is 53.0 Å². The van der Waals surface area contributed by atoms with Gasteiger partial charge in [0.1, 0.15) is 5.82 Å². The van der Waals surface area contributed by atoms with Gasteiger partial charge in [0, 0.05) is 16.6 Å². The molecule has 3 rings (SSSR count). The molecule has 0 aliphatic heterocycles. The van der Waals surface area contributed by atoms with E-state index < -0.39 is 5.91 Å². The summed E-state index contributed by atoms with van der Waals surface area (Å²) >= 11 is 3.37. The monoisotopic (exact) mass is 404 g/mol. The van der Waals surface area contributed by atoms with Crippen LogP contribution in [-0.2, 0) is 0 Å². The Kier molecular flexibility index (Phi) is 5.20. The number of nitrogens with one attached hydrogen (secondary N) is 1. The number of aromatic nitrogens is 3. The van der Waals surface area contributed by atoms with Crippen LogP contribution in [0.3, 0.4) is 0 Å². The zero-order chi connectivity index (χ0) is 17.8. The highest BCUT2D eigenvalue weighted by Gasteiger charge is 2.18. The lowest BCUT2D eigenvalue weighted by Crippen LogP contribution is -2.27. The first-order valence-electron chi connectivity index (χ1n) is 7.46. The minimum atomic E-state index is -0.492. The Morgan fingerprint density at radius 2 is 1.84 bits per heavy atom. The van der Waals surface area contributed by atoms with Crippen LogP contribution in [0.1, 0.15) is 10.6 Å². The van der Waals surface area contributed by atoms with E-state index in [9.17, 15) is 9.18 Å². The minimum absolute atomic E-state index is 0.0318. The predicted molar refractivity (Wildman–Crippen MR) is 93.9 cm³/mol. The maximum absolute atomic E-state index is 13.2. The first-order valence-corrected chi connectivity index (χ1v) is 8.26. The SMILES string of the molecule is O=C(NCCO)c1nc(-c2ccc(Br)cc2)n(-c2ccc(F)cc2)n1. The molecule has 3 aromatic rings. The van der Waals surface area contributed by atoms with E-state index in [0.29, 0.717) is 11.5 Å². The summed E-state index contributed by atoms with van der Waals surface area (Å²) < 4.78 is 15.6. The lowest BCUT2D eigenvalue weighted by Gasteiger charge is -2.06. The molecule has 2 aromatic carbocycles. The van der Waals surface area contributed by atoms with E-state index in [1.807, 2.05) is 24.3 Å². The number of carbonyl (C=O) groups is 1. The second kappa shape index (κ2) is 7.54. The van der Waals surface area contributed by atoms with Crippen LogP contribution in [0, 0.1) is 5.82 Å². The van der Waals surface area contributed by atoms with Gasteiger partial charge in [-0.05, 0) is 36.4 Å². The van der Waals surface area contributed by atoms with E-state index in [2.05, 4.69) is 31.3 Å². The van der Waals surface area contributed by atoms with E-state index in [1.165, 1.54) is 16.8 Å². The van der Waals surface area contributed by atoms with Gasteiger partial charge in [0.25, 0.3) is 5.91 Å². The normalized spacial score (nSPS) is 10.7. The molecule has 0 bridgehead atoms. The third kappa shape index (κ3) is 3.92. The number of aliphatic hydroxyl groups excluding tert-OH is 1. The Hall–Kier alpha value is -2.58. The molecule has 0 radical (unpaired) electrons. The average Bonchev–Trinajstić information content (AvgIpc) is 3.06. The van der Waals surface area contributed by atoms with Gasteiger partial charge >= 0.3 is 0 Å². The van der Waals surface area contributed by atoms with Crippen molar-refractivity contribution in [3.63, 3.8) is 0 Å². The smallest absolute Gasteiger partial charge is 0.291 e. The zero-order valence-corrected chi connectivity index (χ0v) is 14.6. The van der Waals surface area contributed by atoms with Crippen molar-refractivity contribution >= 4 is 21.8 Å². The summed E-state index contributed by atoms with van der Waals surface area (Å²) in [7, 11) is 0. The van der Waals surface area contributed by atoms with E-state index in [1.54, 1.807) is 12.1 Å². The molecule has 0 saturated carbocycles. The molecular weight excluding hydrogens is 391 g/mol. The fourth-order valence-corrected chi connectivity index (χ4v) is 2.47. The molecule has 0 unspecified atom stereocenters. The van der Waals surface area contributed by atoms with Gasteiger partial charge in [-0.1, -0.05) is 28.1 Å². The van der Waals surface area contributed by atoms with Gasteiger partial charge < -0.3 is 10.4 Å². The molecule has 1 aromatic heterocycles. The van der Waals surface area contributed by atoms with Crippen molar-refractivity contribution in [2.75, 3.05) is 13.2 Å². The predicted octanol–water partition coefficient (Wildman–Crippen LogP) is 2.56. The highest BCUT2D eigenvalue weighted by molar-refractivity contribution is 9.10. The van der Waals surface area contributed by atoms with E-state index in [-0.39, 0.29) is 24.8 Å². The standard InChI is InChI=1S/C17H14BrFN4O2/c18-12-3-1-11(2-4-12)16-21-15(17(25)20-9-10-24)22-23(16)14-7-5-13(19)6-8-14/h1-8,24H,9-10H2,(H,20,25). The van der Waals surface area contributed by atoms with Gasteiger partial charge in [-0.2, -0.15) is 0 Å². The number of halogens is 2. The molecule has 1 heterocycles. The van der Waals surface area contributed by atoms with Gasteiger partial charge in [0.15, 0.2) is 5.82 Å². The van der Waals surface area contributed by atoms with Crippen molar-refractivity contribution in [3.8, 4) is 17.1 Å². The molecule has 1 amide bonds. The Bertz CT molecular complexity index is 816. The van der Waals surface area contributed by atoms with Crippen LogP contribution in [0.4, 0.5) is 4.39 Å². The Balaban J connectivity index is 2.07. The van der Waals surface area contributed by atoms with Crippen LogP contribution < -0.4 is 5.32 Å². The molecule has 0 spiro atoms. The second-order valence-electron chi connectivity index (χ2n) is 5.13. The average molecular weight is 405 g/mol. The van der Waals surface area contributed by atoms with E-state index >= 15 is 0 Å². The molecule has 0 saturated heterocycles. The molecule has 25 heavy (non-hydrogen) atoms. The molecule has 128 valence electrons. The maximum Gasteiger partial charge on any atom is 0.291 e.